The van der Waals surface area contributed by atoms with Gasteiger partial charge in [-0.25, -0.2) is 0 Å². The van der Waals surface area contributed by atoms with Crippen molar-refractivity contribution in [2.24, 2.45) is 0 Å². The van der Waals surface area contributed by atoms with E-state index in [0.29, 0.717) is 13.0 Å². The van der Waals surface area contributed by atoms with Crippen LogP contribution < -0.4 is 0 Å². The van der Waals surface area contributed by atoms with Gasteiger partial charge >= 0.3 is 5.97 Å². The molecular formula is C14H21NO3. The van der Waals surface area contributed by atoms with Crippen molar-refractivity contribution in [1.29, 1.82) is 0 Å². The summed E-state index contributed by atoms with van der Waals surface area (Å²) in [5, 5.41) is 17.6. The number of hydrogen-bond acceptors (Lipinski definition) is 3. The summed E-state index contributed by atoms with van der Waals surface area (Å²) in [5.74, 6) is -0.784. The molecule has 0 aliphatic carbocycles. The van der Waals surface area contributed by atoms with Gasteiger partial charge in [0.15, 0.2) is 0 Å². The molecule has 0 unspecified atom stereocenters. The number of carbonyl (C=O) groups is 1. The number of hydrogen-bond donors (Lipinski definition) is 2. The van der Waals surface area contributed by atoms with Crippen molar-refractivity contribution in [2.75, 3.05) is 19.7 Å². The highest BCUT2D eigenvalue weighted by molar-refractivity contribution is 5.66. The third-order valence-corrected chi connectivity index (χ3v) is 2.80. The number of nitrogens with zero attached hydrogens (tertiary/aromatic N) is 1. The Balaban J connectivity index is 2.53. The molecular weight excluding hydrogens is 230 g/mol. The van der Waals surface area contributed by atoms with Crippen molar-refractivity contribution in [1.82, 2.24) is 4.90 Å². The molecule has 1 rings (SSSR count). The van der Waals surface area contributed by atoms with Crippen molar-refractivity contribution in [3.63, 3.8) is 0 Å². The van der Waals surface area contributed by atoms with Gasteiger partial charge in [-0.2, -0.15) is 0 Å². The lowest BCUT2D eigenvalue weighted by Gasteiger charge is -2.21. The van der Waals surface area contributed by atoms with Gasteiger partial charge in [-0.3, -0.25) is 9.69 Å². The van der Waals surface area contributed by atoms with E-state index < -0.39 is 5.97 Å². The summed E-state index contributed by atoms with van der Waals surface area (Å²) < 4.78 is 0. The number of aryl methyl sites for hydroxylation is 1. The number of rotatable bonds is 8. The maximum atomic E-state index is 10.6. The van der Waals surface area contributed by atoms with E-state index in [0.717, 1.165) is 13.1 Å². The summed E-state index contributed by atoms with van der Waals surface area (Å²) in [7, 11) is 0. The number of aliphatic hydroxyl groups excluding tert-OH is 1. The predicted molar refractivity (Wildman–Crippen MR) is 70.4 cm³/mol. The van der Waals surface area contributed by atoms with Crippen molar-refractivity contribution >= 4 is 5.97 Å². The molecule has 18 heavy (non-hydrogen) atoms. The van der Waals surface area contributed by atoms with Crippen molar-refractivity contribution in [2.45, 2.75) is 26.3 Å². The topological polar surface area (TPSA) is 60.8 Å². The summed E-state index contributed by atoms with van der Waals surface area (Å²) in [6.07, 6.45) is 0.808. The highest BCUT2D eigenvalue weighted by atomic mass is 16.4. The maximum absolute atomic E-state index is 10.6. The van der Waals surface area contributed by atoms with E-state index in [1.54, 1.807) is 0 Å². The average molecular weight is 251 g/mol. The lowest BCUT2D eigenvalue weighted by molar-refractivity contribution is -0.137. The van der Waals surface area contributed by atoms with Crippen molar-refractivity contribution < 1.29 is 15.0 Å². The van der Waals surface area contributed by atoms with E-state index in [9.17, 15) is 4.79 Å². The highest BCUT2D eigenvalue weighted by Gasteiger charge is 2.08. The molecule has 0 aliphatic rings. The monoisotopic (exact) mass is 251 g/mol. The van der Waals surface area contributed by atoms with Crippen LogP contribution in [0.25, 0.3) is 0 Å². The Kier molecular flexibility index (Phi) is 6.39. The van der Waals surface area contributed by atoms with Crippen molar-refractivity contribution in [3.05, 3.63) is 35.4 Å². The number of aliphatic carboxylic acids is 1. The minimum atomic E-state index is -0.784. The lowest BCUT2D eigenvalue weighted by atomic mass is 10.1. The van der Waals surface area contributed by atoms with Crippen LogP contribution in [0.15, 0.2) is 24.3 Å². The molecule has 0 amide bonds. The first-order chi connectivity index (χ1) is 8.61. The normalized spacial score (nSPS) is 10.8. The molecule has 0 fully saturated rings. The fourth-order valence-corrected chi connectivity index (χ4v) is 1.77. The molecule has 0 bridgehead atoms. The Labute approximate surface area is 108 Å². The molecule has 100 valence electrons. The largest absolute Gasteiger partial charge is 0.481 e. The minimum Gasteiger partial charge on any atom is -0.481 e. The Morgan fingerprint density at radius 1 is 1.22 bits per heavy atom. The molecule has 0 radical (unpaired) electrons. The van der Waals surface area contributed by atoms with Gasteiger partial charge in [0.2, 0.25) is 0 Å². The average Bonchev–Trinajstić information content (AvgIpc) is 2.35. The van der Waals surface area contributed by atoms with Gasteiger partial charge in [0.1, 0.15) is 0 Å². The van der Waals surface area contributed by atoms with E-state index in [-0.39, 0.29) is 13.0 Å². The number of aliphatic hydroxyl groups is 1. The van der Waals surface area contributed by atoms with E-state index in [4.69, 9.17) is 10.2 Å². The molecule has 0 atom stereocenters. The van der Waals surface area contributed by atoms with Crippen LogP contribution in [0.4, 0.5) is 0 Å². The first-order valence-electron chi connectivity index (χ1n) is 6.22. The van der Waals surface area contributed by atoms with Crippen LogP contribution in [0.2, 0.25) is 0 Å². The Bertz CT molecular complexity index is 362. The first kappa shape index (κ1) is 14.7. The van der Waals surface area contributed by atoms with Crippen LogP contribution in [0.1, 0.15) is 24.0 Å². The molecule has 4 heteroatoms. The van der Waals surface area contributed by atoms with E-state index in [1.165, 1.54) is 11.1 Å². The maximum Gasteiger partial charge on any atom is 0.304 e. The zero-order valence-electron chi connectivity index (χ0n) is 10.8. The summed E-state index contributed by atoms with van der Waals surface area (Å²) in [6, 6.07) is 8.22. The molecule has 0 aromatic heterocycles. The zero-order valence-corrected chi connectivity index (χ0v) is 10.8. The van der Waals surface area contributed by atoms with Crippen LogP contribution in [-0.4, -0.2) is 40.8 Å². The molecule has 0 heterocycles. The molecule has 1 aromatic rings. The third-order valence-electron chi connectivity index (χ3n) is 2.80. The van der Waals surface area contributed by atoms with Crippen LogP contribution in [0.3, 0.4) is 0 Å². The molecule has 0 aliphatic heterocycles. The van der Waals surface area contributed by atoms with Gasteiger partial charge in [0, 0.05) is 26.2 Å². The number of benzene rings is 1. The SMILES string of the molecule is Cc1ccc(CN(CCCO)CCC(=O)O)cc1. The second kappa shape index (κ2) is 7.84. The molecule has 1 aromatic carbocycles. The van der Waals surface area contributed by atoms with Gasteiger partial charge in [0.05, 0.1) is 6.42 Å². The van der Waals surface area contributed by atoms with E-state index in [2.05, 4.69) is 29.2 Å². The summed E-state index contributed by atoms with van der Waals surface area (Å²) >= 11 is 0. The van der Waals surface area contributed by atoms with Crippen molar-refractivity contribution in [3.8, 4) is 0 Å². The Morgan fingerprint density at radius 3 is 2.44 bits per heavy atom. The lowest BCUT2D eigenvalue weighted by Crippen LogP contribution is -2.27. The Hall–Kier alpha value is -1.39. The summed E-state index contributed by atoms with van der Waals surface area (Å²) in [4.78, 5) is 12.7. The van der Waals surface area contributed by atoms with Crippen LogP contribution in [-0.2, 0) is 11.3 Å². The van der Waals surface area contributed by atoms with Gasteiger partial charge in [-0.05, 0) is 18.9 Å². The quantitative estimate of drug-likeness (QED) is 0.737. The van der Waals surface area contributed by atoms with E-state index in [1.807, 2.05) is 6.92 Å². The summed E-state index contributed by atoms with van der Waals surface area (Å²) in [6.45, 7) is 4.14. The standard InChI is InChI=1S/C14H21NO3/c1-12-3-5-13(6-4-12)11-15(8-2-10-16)9-7-14(17)18/h3-6,16H,2,7-11H2,1H3,(H,17,18). The van der Waals surface area contributed by atoms with Gasteiger partial charge in [-0.1, -0.05) is 29.8 Å². The van der Waals surface area contributed by atoms with Gasteiger partial charge in [0.25, 0.3) is 0 Å². The predicted octanol–water partition coefficient (Wildman–Crippen LogP) is 1.65. The number of carboxylic acid groups (broad SMARTS) is 1. The molecule has 2 N–H and O–H groups in total. The zero-order chi connectivity index (χ0) is 13.4. The van der Waals surface area contributed by atoms with Crippen LogP contribution in [0.5, 0.6) is 0 Å². The smallest absolute Gasteiger partial charge is 0.304 e. The second-order valence-corrected chi connectivity index (χ2v) is 4.48. The second-order valence-electron chi connectivity index (χ2n) is 4.48. The third kappa shape index (κ3) is 5.80. The summed E-state index contributed by atoms with van der Waals surface area (Å²) in [5.41, 5.74) is 2.38. The fourth-order valence-electron chi connectivity index (χ4n) is 1.77. The van der Waals surface area contributed by atoms with Gasteiger partial charge < -0.3 is 10.2 Å². The van der Waals surface area contributed by atoms with Gasteiger partial charge in [-0.15, -0.1) is 0 Å². The molecule has 0 saturated heterocycles. The molecule has 0 spiro atoms. The highest BCUT2D eigenvalue weighted by Crippen LogP contribution is 2.08. The fraction of sp³-hybridized carbons (Fsp3) is 0.500. The molecule has 4 nitrogen and oxygen atoms in total. The first-order valence-corrected chi connectivity index (χ1v) is 6.22. The molecule has 0 saturated carbocycles. The van der Waals surface area contributed by atoms with Crippen LogP contribution in [0, 0.1) is 6.92 Å². The number of carboxylic acids is 1. The minimum absolute atomic E-state index is 0.136. The van der Waals surface area contributed by atoms with Crippen LogP contribution >= 0.6 is 0 Å². The Morgan fingerprint density at radius 2 is 1.89 bits per heavy atom. The van der Waals surface area contributed by atoms with E-state index >= 15 is 0 Å².